The van der Waals surface area contributed by atoms with Crippen molar-refractivity contribution >= 4 is 11.3 Å². The van der Waals surface area contributed by atoms with Gasteiger partial charge in [-0.15, -0.1) is 11.3 Å². The average Bonchev–Trinajstić information content (AvgIpc) is 3.20. The third-order valence-electron chi connectivity index (χ3n) is 4.58. The lowest BCUT2D eigenvalue weighted by Crippen LogP contribution is -2.34. The first-order chi connectivity index (χ1) is 9.70. The average molecular weight is 293 g/mol. The van der Waals surface area contributed by atoms with E-state index in [-0.39, 0.29) is 0 Å². The summed E-state index contributed by atoms with van der Waals surface area (Å²) in [6.07, 6.45) is 6.58. The number of hydrogen-bond acceptors (Lipinski definition) is 4. The Morgan fingerprint density at radius 2 is 2.00 bits per heavy atom. The molecule has 1 aliphatic carbocycles. The van der Waals surface area contributed by atoms with Crippen molar-refractivity contribution in [2.75, 3.05) is 19.6 Å². The van der Waals surface area contributed by atoms with Crippen LogP contribution in [-0.4, -0.2) is 35.6 Å². The van der Waals surface area contributed by atoms with Gasteiger partial charge in [0.25, 0.3) is 0 Å². The van der Waals surface area contributed by atoms with E-state index in [0.29, 0.717) is 0 Å². The Labute approximate surface area is 126 Å². The maximum Gasteiger partial charge on any atom is 0.0944 e. The van der Waals surface area contributed by atoms with E-state index in [4.69, 9.17) is 4.98 Å². The summed E-state index contributed by atoms with van der Waals surface area (Å²) in [5.74, 6) is 0.924. The van der Waals surface area contributed by atoms with Gasteiger partial charge in [0.15, 0.2) is 0 Å². The lowest BCUT2D eigenvalue weighted by atomic mass is 9.99. The molecular weight excluding hydrogens is 266 g/mol. The topological polar surface area (TPSA) is 28.2 Å². The van der Waals surface area contributed by atoms with Gasteiger partial charge in [-0.2, -0.15) is 0 Å². The monoisotopic (exact) mass is 293 g/mol. The highest BCUT2D eigenvalue weighted by molar-refractivity contribution is 7.11. The van der Waals surface area contributed by atoms with E-state index in [1.807, 2.05) is 11.3 Å². The van der Waals surface area contributed by atoms with Crippen LogP contribution < -0.4 is 5.32 Å². The minimum atomic E-state index is 0.787. The molecule has 2 heterocycles. The van der Waals surface area contributed by atoms with Crippen LogP contribution in [0, 0.1) is 12.8 Å². The Kier molecular flexibility index (Phi) is 4.74. The third-order valence-corrected chi connectivity index (χ3v) is 5.80. The van der Waals surface area contributed by atoms with Crippen LogP contribution in [0.2, 0.25) is 0 Å². The molecule has 0 aromatic carbocycles. The van der Waals surface area contributed by atoms with Gasteiger partial charge in [-0.25, -0.2) is 4.98 Å². The van der Waals surface area contributed by atoms with Crippen molar-refractivity contribution in [2.45, 2.75) is 58.5 Å². The molecule has 1 saturated carbocycles. The molecule has 20 heavy (non-hydrogen) atoms. The lowest BCUT2D eigenvalue weighted by molar-refractivity contribution is 0.194. The first-order valence-corrected chi connectivity index (χ1v) is 8.93. The summed E-state index contributed by atoms with van der Waals surface area (Å²) >= 11 is 1.92. The third kappa shape index (κ3) is 4.03. The van der Waals surface area contributed by atoms with Crippen molar-refractivity contribution < 1.29 is 0 Å². The molecule has 0 radical (unpaired) electrons. The number of thiazole rings is 1. The predicted octanol–water partition coefficient (Wildman–Crippen LogP) is 2.98. The molecule has 0 atom stereocenters. The summed E-state index contributed by atoms with van der Waals surface area (Å²) < 4.78 is 0. The van der Waals surface area contributed by atoms with Gasteiger partial charge in [0.2, 0.25) is 0 Å². The Hall–Kier alpha value is -0.450. The fraction of sp³-hybridized carbons (Fsp3) is 0.812. The Morgan fingerprint density at radius 1 is 1.25 bits per heavy atom. The minimum absolute atomic E-state index is 0.787. The number of rotatable bonds is 6. The van der Waals surface area contributed by atoms with Gasteiger partial charge in [-0.3, -0.25) is 0 Å². The molecule has 112 valence electrons. The summed E-state index contributed by atoms with van der Waals surface area (Å²) in [4.78, 5) is 8.81. The van der Waals surface area contributed by atoms with Crippen LogP contribution in [0.4, 0.5) is 0 Å². The zero-order valence-electron chi connectivity index (χ0n) is 12.8. The van der Waals surface area contributed by atoms with Crippen molar-refractivity contribution in [3.63, 3.8) is 0 Å². The molecule has 3 nitrogen and oxygen atoms in total. The lowest BCUT2D eigenvalue weighted by Gasteiger charge is -2.29. The fourth-order valence-electron chi connectivity index (χ4n) is 2.82. The van der Waals surface area contributed by atoms with Crippen LogP contribution in [0.25, 0.3) is 0 Å². The molecule has 1 aliphatic heterocycles. The van der Waals surface area contributed by atoms with E-state index in [1.165, 1.54) is 60.9 Å². The zero-order chi connectivity index (χ0) is 13.9. The molecule has 2 aliphatic rings. The SMILES string of the molecule is Cc1nc(CCN2CCC(C)CC2)sc1CNC1CC1. The second-order valence-corrected chi connectivity index (χ2v) is 7.71. The number of aryl methyl sites for hydroxylation is 1. The van der Waals surface area contributed by atoms with E-state index in [1.54, 1.807) is 0 Å². The molecule has 1 saturated heterocycles. The number of nitrogens with one attached hydrogen (secondary N) is 1. The largest absolute Gasteiger partial charge is 0.309 e. The Morgan fingerprint density at radius 3 is 2.70 bits per heavy atom. The fourth-order valence-corrected chi connectivity index (χ4v) is 3.83. The Balaban J connectivity index is 1.46. The molecule has 0 amide bonds. The number of aromatic nitrogens is 1. The van der Waals surface area contributed by atoms with Gasteiger partial charge in [-0.1, -0.05) is 6.92 Å². The van der Waals surface area contributed by atoms with Gasteiger partial charge in [0, 0.05) is 30.4 Å². The van der Waals surface area contributed by atoms with Crippen LogP contribution in [0.1, 0.15) is 48.2 Å². The van der Waals surface area contributed by atoms with Crippen molar-refractivity contribution in [3.8, 4) is 0 Å². The molecule has 3 rings (SSSR count). The van der Waals surface area contributed by atoms with E-state index < -0.39 is 0 Å². The number of hydrogen-bond donors (Lipinski definition) is 1. The van der Waals surface area contributed by atoms with Gasteiger partial charge >= 0.3 is 0 Å². The second kappa shape index (κ2) is 6.54. The quantitative estimate of drug-likeness (QED) is 0.874. The summed E-state index contributed by atoms with van der Waals surface area (Å²) in [6.45, 7) is 9.31. The summed E-state index contributed by atoms with van der Waals surface area (Å²) in [6, 6.07) is 0.787. The van der Waals surface area contributed by atoms with Gasteiger partial charge in [0.05, 0.1) is 10.7 Å². The van der Waals surface area contributed by atoms with Gasteiger partial charge in [0.1, 0.15) is 0 Å². The highest BCUT2D eigenvalue weighted by Crippen LogP contribution is 2.23. The van der Waals surface area contributed by atoms with E-state index >= 15 is 0 Å². The van der Waals surface area contributed by atoms with Crippen LogP contribution in [0.5, 0.6) is 0 Å². The molecule has 0 bridgehead atoms. The summed E-state index contributed by atoms with van der Waals surface area (Å²) in [7, 11) is 0. The summed E-state index contributed by atoms with van der Waals surface area (Å²) in [5.41, 5.74) is 1.24. The first kappa shape index (κ1) is 14.5. The van der Waals surface area contributed by atoms with Crippen LogP contribution in [-0.2, 0) is 13.0 Å². The molecule has 1 N–H and O–H groups in total. The molecule has 2 fully saturated rings. The molecule has 0 spiro atoms. The van der Waals surface area contributed by atoms with Crippen LogP contribution in [0.3, 0.4) is 0 Å². The maximum atomic E-state index is 4.76. The van der Waals surface area contributed by atoms with Crippen molar-refractivity contribution in [2.24, 2.45) is 5.92 Å². The van der Waals surface area contributed by atoms with E-state index in [2.05, 4.69) is 24.1 Å². The number of piperidine rings is 1. The van der Waals surface area contributed by atoms with Crippen molar-refractivity contribution in [3.05, 3.63) is 15.6 Å². The van der Waals surface area contributed by atoms with Crippen molar-refractivity contribution in [1.82, 2.24) is 15.2 Å². The molecule has 4 heteroatoms. The molecule has 0 unspecified atom stereocenters. The predicted molar refractivity (Wildman–Crippen MR) is 85.3 cm³/mol. The van der Waals surface area contributed by atoms with Crippen LogP contribution in [0.15, 0.2) is 0 Å². The smallest absolute Gasteiger partial charge is 0.0944 e. The van der Waals surface area contributed by atoms with Gasteiger partial charge in [-0.05, 0) is 51.6 Å². The van der Waals surface area contributed by atoms with Crippen molar-refractivity contribution in [1.29, 1.82) is 0 Å². The standard InChI is InChI=1S/C16H27N3S/c1-12-5-8-19(9-6-12)10-7-16-18-13(2)15(20-16)11-17-14-3-4-14/h12,14,17H,3-11H2,1-2H3. The van der Waals surface area contributed by atoms with E-state index in [9.17, 15) is 0 Å². The van der Waals surface area contributed by atoms with E-state index in [0.717, 1.165) is 24.9 Å². The van der Waals surface area contributed by atoms with Gasteiger partial charge < -0.3 is 10.2 Å². The summed E-state index contributed by atoms with van der Waals surface area (Å²) in [5, 5.41) is 4.92. The minimum Gasteiger partial charge on any atom is -0.309 e. The number of likely N-dealkylation sites (tertiary alicyclic amines) is 1. The number of nitrogens with zero attached hydrogens (tertiary/aromatic N) is 2. The first-order valence-electron chi connectivity index (χ1n) is 8.11. The highest BCUT2D eigenvalue weighted by atomic mass is 32.1. The highest BCUT2D eigenvalue weighted by Gasteiger charge is 2.21. The maximum absolute atomic E-state index is 4.76. The molecule has 1 aromatic rings. The zero-order valence-corrected chi connectivity index (χ0v) is 13.6. The second-order valence-electron chi connectivity index (χ2n) is 6.55. The molecule has 1 aromatic heterocycles. The molecular formula is C16H27N3S. The normalized spacial score (nSPS) is 21.5. The van der Waals surface area contributed by atoms with Crippen LogP contribution >= 0.6 is 11.3 Å². The Bertz CT molecular complexity index is 431.